The Labute approximate surface area is 135 Å². The molecule has 0 fully saturated rings. The zero-order chi connectivity index (χ0) is 16.4. The van der Waals surface area contributed by atoms with Gasteiger partial charge in [0.25, 0.3) is 0 Å². The van der Waals surface area contributed by atoms with E-state index in [9.17, 15) is 10.4 Å². The quantitative estimate of drug-likeness (QED) is 0.355. The minimum absolute atomic E-state index is 0.143. The highest BCUT2D eigenvalue weighted by Crippen LogP contribution is 2.31. The molecule has 0 spiro atoms. The van der Waals surface area contributed by atoms with E-state index in [2.05, 4.69) is 27.0 Å². The van der Waals surface area contributed by atoms with Gasteiger partial charge in [0, 0.05) is 6.04 Å². The largest absolute Gasteiger partial charge is 0.506 e. The Hall–Kier alpha value is -1.69. The number of phenols is 1. The topological polar surface area (TPSA) is 47.3 Å². The smallest absolute Gasteiger partial charge is 0.184 e. The molecule has 1 aromatic rings. The van der Waals surface area contributed by atoms with Crippen molar-refractivity contribution in [1.82, 2.24) is 0 Å². The van der Waals surface area contributed by atoms with Crippen LogP contribution in [-0.4, -0.2) is 11.1 Å². The lowest BCUT2D eigenvalue weighted by Gasteiger charge is -2.30. The van der Waals surface area contributed by atoms with Gasteiger partial charge < -0.3 is 5.11 Å². The van der Waals surface area contributed by atoms with Crippen LogP contribution in [0.15, 0.2) is 24.3 Å². The second-order valence-electron chi connectivity index (χ2n) is 6.33. The van der Waals surface area contributed by atoms with Gasteiger partial charge in [-0.2, -0.15) is 5.26 Å². The fraction of sp³-hybridized carbons (Fsp3) is 0.632. The number of hydrogen-bond donors (Lipinski definition) is 1. The van der Waals surface area contributed by atoms with E-state index in [0.29, 0.717) is 11.6 Å². The fourth-order valence-corrected chi connectivity index (χ4v) is 2.87. The van der Waals surface area contributed by atoms with Gasteiger partial charge in [-0.1, -0.05) is 71.4 Å². The van der Waals surface area contributed by atoms with E-state index in [0.717, 1.165) is 12.8 Å². The van der Waals surface area contributed by atoms with Crippen LogP contribution >= 0.6 is 0 Å². The molecule has 0 aliphatic rings. The molecule has 0 radical (unpaired) electrons. The van der Waals surface area contributed by atoms with Gasteiger partial charge >= 0.3 is 0 Å². The average Bonchev–Trinajstić information content (AvgIpc) is 2.50. The summed E-state index contributed by atoms with van der Waals surface area (Å²) >= 11 is 0. The van der Waals surface area contributed by atoms with E-state index in [1.807, 2.05) is 12.1 Å². The maximum Gasteiger partial charge on any atom is 0.184 e. The third-order valence-electron chi connectivity index (χ3n) is 4.20. The average molecular weight is 302 g/mol. The summed E-state index contributed by atoms with van der Waals surface area (Å²) in [4.78, 5) is 1.69. The van der Waals surface area contributed by atoms with Crippen molar-refractivity contribution in [2.45, 2.75) is 71.8 Å². The lowest BCUT2D eigenvalue weighted by atomic mass is 9.95. The van der Waals surface area contributed by atoms with Crippen LogP contribution in [-0.2, 0) is 0 Å². The first-order chi connectivity index (χ1) is 10.6. The molecule has 1 aromatic carbocycles. The van der Waals surface area contributed by atoms with Gasteiger partial charge in [0.2, 0.25) is 0 Å². The first kappa shape index (κ1) is 18.4. The third kappa shape index (κ3) is 5.60. The summed E-state index contributed by atoms with van der Waals surface area (Å²) in [5, 5.41) is 19.6. The molecule has 1 rings (SSSR count). The molecule has 0 saturated heterocycles. The number of anilines is 1. The normalized spacial score (nSPS) is 12.1. The Bertz CT molecular complexity index is 465. The number of benzene rings is 1. The van der Waals surface area contributed by atoms with Gasteiger partial charge in [-0.05, 0) is 24.5 Å². The Balaban J connectivity index is 2.64. The molecule has 3 nitrogen and oxygen atoms in total. The molecule has 122 valence electrons. The molecule has 1 N–H and O–H groups in total. The minimum Gasteiger partial charge on any atom is -0.506 e. The number of phenolic OH excluding ortho intramolecular Hbond substituents is 1. The fourth-order valence-electron chi connectivity index (χ4n) is 2.87. The van der Waals surface area contributed by atoms with E-state index in [1.54, 1.807) is 17.0 Å². The lowest BCUT2D eigenvalue weighted by Crippen LogP contribution is -2.35. The van der Waals surface area contributed by atoms with Crippen molar-refractivity contribution >= 4 is 5.69 Å². The molecule has 0 amide bonds. The van der Waals surface area contributed by atoms with Crippen LogP contribution in [0.3, 0.4) is 0 Å². The third-order valence-corrected chi connectivity index (χ3v) is 4.20. The summed E-state index contributed by atoms with van der Waals surface area (Å²) < 4.78 is 0. The number of unbranched alkanes of at least 4 members (excludes halogenated alkanes) is 5. The van der Waals surface area contributed by atoms with Crippen molar-refractivity contribution in [3.05, 3.63) is 24.3 Å². The Morgan fingerprint density at radius 1 is 1.09 bits per heavy atom. The Kier molecular flexibility index (Phi) is 8.43. The number of rotatable bonds is 10. The van der Waals surface area contributed by atoms with Crippen LogP contribution < -0.4 is 4.90 Å². The SMILES string of the molecule is CCCCCCCCC(C(C)C)N(C#N)c1ccccc1O. The standard InChI is InChI=1S/C19H30N2O/c1-4-5-6-7-8-9-12-17(16(2)3)21(15-20)18-13-10-11-14-19(18)22/h10-11,13-14,16-17,22H,4-9,12H2,1-3H3. The number of hydrogen-bond acceptors (Lipinski definition) is 3. The Morgan fingerprint density at radius 3 is 2.32 bits per heavy atom. The molecule has 0 heterocycles. The lowest BCUT2D eigenvalue weighted by molar-refractivity contribution is 0.425. The molecule has 22 heavy (non-hydrogen) atoms. The molecular formula is C19H30N2O. The maximum atomic E-state index is 10.0. The van der Waals surface area contributed by atoms with E-state index in [4.69, 9.17) is 0 Å². The number of aromatic hydroxyl groups is 1. The van der Waals surface area contributed by atoms with Crippen LogP contribution in [0, 0.1) is 17.4 Å². The number of nitrogens with zero attached hydrogens (tertiary/aromatic N) is 2. The molecule has 0 saturated carbocycles. The molecule has 0 aromatic heterocycles. The summed E-state index contributed by atoms with van der Waals surface area (Å²) in [5.41, 5.74) is 0.620. The summed E-state index contributed by atoms with van der Waals surface area (Å²) in [7, 11) is 0. The van der Waals surface area contributed by atoms with Crippen LogP contribution in [0.25, 0.3) is 0 Å². The predicted octanol–water partition coefficient (Wildman–Crippen LogP) is 5.45. The first-order valence-corrected chi connectivity index (χ1v) is 8.58. The van der Waals surface area contributed by atoms with Crippen LogP contribution in [0.2, 0.25) is 0 Å². The molecule has 3 heteroatoms. The van der Waals surface area contributed by atoms with Crippen LogP contribution in [0.5, 0.6) is 5.75 Å². The van der Waals surface area contributed by atoms with Gasteiger partial charge in [0.05, 0.1) is 5.69 Å². The molecule has 0 aliphatic carbocycles. The zero-order valence-corrected chi connectivity index (χ0v) is 14.3. The highest BCUT2D eigenvalue weighted by molar-refractivity contribution is 5.61. The van der Waals surface area contributed by atoms with Crippen molar-refractivity contribution < 1.29 is 5.11 Å². The monoisotopic (exact) mass is 302 g/mol. The highest BCUT2D eigenvalue weighted by atomic mass is 16.3. The summed E-state index contributed by atoms with van der Waals surface area (Å²) in [5.74, 6) is 0.549. The molecule has 0 aliphatic heterocycles. The van der Waals surface area contributed by atoms with Crippen LogP contribution in [0.4, 0.5) is 5.69 Å². The van der Waals surface area contributed by atoms with Crippen molar-refractivity contribution in [3.63, 3.8) is 0 Å². The van der Waals surface area contributed by atoms with E-state index >= 15 is 0 Å². The van der Waals surface area contributed by atoms with E-state index in [1.165, 1.54) is 32.1 Å². The molecule has 0 bridgehead atoms. The zero-order valence-electron chi connectivity index (χ0n) is 14.3. The van der Waals surface area contributed by atoms with E-state index < -0.39 is 0 Å². The molecule has 1 atom stereocenters. The summed E-state index contributed by atoms with van der Waals surface area (Å²) in [6.07, 6.45) is 10.8. The second-order valence-corrected chi connectivity index (χ2v) is 6.33. The van der Waals surface area contributed by atoms with Crippen molar-refractivity contribution in [3.8, 4) is 11.9 Å². The van der Waals surface area contributed by atoms with Crippen molar-refractivity contribution in [2.24, 2.45) is 5.92 Å². The number of para-hydroxylation sites is 2. The summed E-state index contributed by atoms with van der Waals surface area (Å²) in [6.45, 7) is 6.52. The van der Waals surface area contributed by atoms with E-state index in [-0.39, 0.29) is 11.8 Å². The first-order valence-electron chi connectivity index (χ1n) is 8.58. The van der Waals surface area contributed by atoms with Crippen LogP contribution in [0.1, 0.15) is 65.7 Å². The van der Waals surface area contributed by atoms with Gasteiger partial charge in [0.1, 0.15) is 5.75 Å². The maximum absolute atomic E-state index is 10.0. The Morgan fingerprint density at radius 2 is 1.73 bits per heavy atom. The van der Waals surface area contributed by atoms with Gasteiger partial charge in [0.15, 0.2) is 6.19 Å². The van der Waals surface area contributed by atoms with Gasteiger partial charge in [-0.25, -0.2) is 0 Å². The van der Waals surface area contributed by atoms with Gasteiger partial charge in [-0.15, -0.1) is 0 Å². The van der Waals surface area contributed by atoms with Crippen molar-refractivity contribution in [1.29, 1.82) is 5.26 Å². The molecular weight excluding hydrogens is 272 g/mol. The van der Waals surface area contributed by atoms with Crippen molar-refractivity contribution in [2.75, 3.05) is 4.90 Å². The minimum atomic E-state index is 0.143. The highest BCUT2D eigenvalue weighted by Gasteiger charge is 2.23. The predicted molar refractivity (Wildman–Crippen MR) is 92.8 cm³/mol. The van der Waals surface area contributed by atoms with Gasteiger partial charge in [-0.3, -0.25) is 4.90 Å². The molecule has 1 unspecified atom stereocenters. The second kappa shape index (κ2) is 10.1. The summed E-state index contributed by atoms with van der Waals surface area (Å²) in [6, 6.07) is 7.25. The number of nitriles is 1.